The van der Waals surface area contributed by atoms with Crippen molar-refractivity contribution in [2.45, 2.75) is 18.9 Å². The summed E-state index contributed by atoms with van der Waals surface area (Å²) in [6.07, 6.45) is 3.22. The number of benzene rings is 3. The lowest BCUT2D eigenvalue weighted by Gasteiger charge is -2.30. The van der Waals surface area contributed by atoms with Crippen molar-refractivity contribution in [2.75, 3.05) is 7.11 Å². The van der Waals surface area contributed by atoms with Crippen molar-refractivity contribution in [1.82, 2.24) is 4.57 Å². The van der Waals surface area contributed by atoms with Crippen LogP contribution in [-0.2, 0) is 6.42 Å². The number of allylic oxidation sites excluding steroid dienone is 1. The third-order valence-electron chi connectivity index (χ3n) is 6.57. The number of para-hydroxylation sites is 1. The minimum atomic E-state index is -0.452. The Morgan fingerprint density at radius 2 is 1.94 bits per heavy atom. The third-order valence-corrected chi connectivity index (χ3v) is 7.56. The van der Waals surface area contributed by atoms with Gasteiger partial charge in [-0.3, -0.25) is 9.36 Å². The molecule has 0 amide bonds. The highest BCUT2D eigenvalue weighted by atomic mass is 32.1. The van der Waals surface area contributed by atoms with E-state index < -0.39 is 6.04 Å². The maximum atomic E-state index is 14.3. The SMILES string of the molecule is COc1cccc(/C=c2\sc3n(c2=O)[C@H](c2cccc(F)c2)C2=C(N=3)c3ccccc3CC2)c1O. The van der Waals surface area contributed by atoms with E-state index in [1.54, 1.807) is 34.9 Å². The van der Waals surface area contributed by atoms with E-state index in [0.717, 1.165) is 29.7 Å². The highest BCUT2D eigenvalue weighted by Gasteiger charge is 2.32. The maximum absolute atomic E-state index is 14.3. The van der Waals surface area contributed by atoms with Crippen molar-refractivity contribution in [3.8, 4) is 11.5 Å². The van der Waals surface area contributed by atoms with E-state index >= 15 is 0 Å². The van der Waals surface area contributed by atoms with Gasteiger partial charge < -0.3 is 9.84 Å². The highest BCUT2D eigenvalue weighted by Crippen LogP contribution is 2.41. The average molecular weight is 485 g/mol. The standard InChI is InChI=1S/C28H21FN2O3S/c1-34-22-11-5-8-18(26(22)32)15-23-27(33)31-25(17-7-4-9-19(29)14-17)21-13-12-16-6-2-3-10-20(16)24(21)30-28(31)35-23/h2-11,14-15,25,32H,12-13H2,1H3/b23-15-/t25-/m1/s1. The van der Waals surface area contributed by atoms with Gasteiger partial charge in [-0.05, 0) is 53.8 Å². The molecule has 0 radical (unpaired) electrons. The van der Waals surface area contributed by atoms with E-state index in [2.05, 4.69) is 12.1 Å². The zero-order valence-corrected chi connectivity index (χ0v) is 19.7. The number of hydrogen-bond donors (Lipinski definition) is 1. The molecule has 0 saturated heterocycles. The number of fused-ring (bicyclic) bond motifs is 3. The summed E-state index contributed by atoms with van der Waals surface area (Å²) in [6.45, 7) is 0. The van der Waals surface area contributed by atoms with Gasteiger partial charge in [-0.1, -0.05) is 59.9 Å². The summed E-state index contributed by atoms with van der Waals surface area (Å²) >= 11 is 1.26. The lowest BCUT2D eigenvalue weighted by atomic mass is 9.83. The van der Waals surface area contributed by atoms with Gasteiger partial charge in [0.05, 0.1) is 23.4 Å². The van der Waals surface area contributed by atoms with Crippen molar-refractivity contribution in [3.63, 3.8) is 0 Å². The number of aromatic nitrogens is 1. The number of hydrogen-bond acceptors (Lipinski definition) is 5. The highest BCUT2D eigenvalue weighted by molar-refractivity contribution is 7.07. The summed E-state index contributed by atoms with van der Waals surface area (Å²) in [4.78, 5) is 19.2. The van der Waals surface area contributed by atoms with E-state index in [1.807, 2.05) is 18.2 Å². The molecule has 35 heavy (non-hydrogen) atoms. The molecule has 1 atom stereocenters. The van der Waals surface area contributed by atoms with Crippen LogP contribution in [0.3, 0.4) is 0 Å². The van der Waals surface area contributed by atoms with Crippen LogP contribution in [0.1, 0.15) is 34.7 Å². The molecule has 2 aliphatic rings. The molecule has 0 unspecified atom stereocenters. The number of nitrogens with zero attached hydrogens (tertiary/aromatic N) is 2. The van der Waals surface area contributed by atoms with Gasteiger partial charge in [0.15, 0.2) is 16.3 Å². The van der Waals surface area contributed by atoms with Gasteiger partial charge in [-0.2, -0.15) is 0 Å². The fourth-order valence-electron chi connectivity index (χ4n) is 4.96. The number of thiazole rings is 1. The molecule has 1 N–H and O–H groups in total. The monoisotopic (exact) mass is 484 g/mol. The number of ether oxygens (including phenoxy) is 1. The van der Waals surface area contributed by atoms with Crippen LogP contribution < -0.4 is 19.6 Å². The number of halogens is 1. The number of phenolic OH excluding ortho intramolecular Hbond substituents is 1. The smallest absolute Gasteiger partial charge is 0.271 e. The molecule has 4 aromatic rings. The second-order valence-electron chi connectivity index (χ2n) is 8.57. The Labute approximate surface area is 204 Å². The van der Waals surface area contributed by atoms with Crippen LogP contribution in [0.15, 0.2) is 82.1 Å². The minimum Gasteiger partial charge on any atom is -0.504 e. The number of aromatic hydroxyl groups is 1. The van der Waals surface area contributed by atoms with Crippen LogP contribution in [0.2, 0.25) is 0 Å². The van der Waals surface area contributed by atoms with Crippen LogP contribution in [0, 0.1) is 5.82 Å². The van der Waals surface area contributed by atoms with E-state index in [9.17, 15) is 14.3 Å². The molecule has 1 aromatic heterocycles. The number of rotatable bonds is 3. The van der Waals surface area contributed by atoms with Gasteiger partial charge in [0, 0.05) is 11.1 Å². The molecule has 0 bridgehead atoms. The van der Waals surface area contributed by atoms with Gasteiger partial charge in [-0.25, -0.2) is 9.38 Å². The summed E-state index contributed by atoms with van der Waals surface area (Å²) in [5, 5.41) is 10.5. The number of aryl methyl sites for hydroxylation is 1. The molecule has 0 fully saturated rings. The first kappa shape index (κ1) is 21.6. The predicted octanol–water partition coefficient (Wildman–Crippen LogP) is 4.17. The normalized spacial score (nSPS) is 16.9. The zero-order valence-electron chi connectivity index (χ0n) is 18.9. The molecule has 3 aromatic carbocycles. The Bertz CT molecular complexity index is 1700. The molecule has 6 rings (SSSR count). The van der Waals surface area contributed by atoms with Crippen molar-refractivity contribution in [3.05, 3.63) is 120 Å². The fraction of sp³-hybridized carbons (Fsp3) is 0.143. The number of methoxy groups -OCH3 is 1. The first-order valence-electron chi connectivity index (χ1n) is 11.3. The molecule has 0 saturated carbocycles. The van der Waals surface area contributed by atoms with Crippen LogP contribution in [0.5, 0.6) is 11.5 Å². The summed E-state index contributed by atoms with van der Waals surface area (Å²) in [6, 6.07) is 19.3. The molecular formula is C28H21FN2O3S. The fourth-order valence-corrected chi connectivity index (χ4v) is 5.95. The Balaban J connectivity index is 1.63. The van der Waals surface area contributed by atoms with Crippen molar-refractivity contribution < 1.29 is 14.2 Å². The first-order chi connectivity index (χ1) is 17.0. The Morgan fingerprint density at radius 1 is 1.11 bits per heavy atom. The second-order valence-corrected chi connectivity index (χ2v) is 9.58. The molecule has 7 heteroatoms. The van der Waals surface area contributed by atoms with Crippen LogP contribution in [0.4, 0.5) is 4.39 Å². The first-order valence-corrected chi connectivity index (χ1v) is 12.1. The van der Waals surface area contributed by atoms with Gasteiger partial charge in [0.2, 0.25) is 0 Å². The van der Waals surface area contributed by atoms with Gasteiger partial charge >= 0.3 is 0 Å². The molecule has 0 spiro atoms. The van der Waals surface area contributed by atoms with E-state index in [4.69, 9.17) is 9.73 Å². The van der Waals surface area contributed by atoms with Crippen molar-refractivity contribution in [1.29, 1.82) is 0 Å². The maximum Gasteiger partial charge on any atom is 0.271 e. The number of phenols is 1. The van der Waals surface area contributed by atoms with E-state index in [-0.39, 0.29) is 17.1 Å². The van der Waals surface area contributed by atoms with Crippen LogP contribution in [-0.4, -0.2) is 16.8 Å². The second kappa shape index (κ2) is 8.36. The van der Waals surface area contributed by atoms with Gasteiger partial charge in [0.1, 0.15) is 5.82 Å². The van der Waals surface area contributed by atoms with Crippen molar-refractivity contribution in [2.24, 2.45) is 4.99 Å². The van der Waals surface area contributed by atoms with Crippen LogP contribution >= 0.6 is 11.3 Å². The van der Waals surface area contributed by atoms with Crippen LogP contribution in [0.25, 0.3) is 11.8 Å². The molecule has 1 aliphatic heterocycles. The summed E-state index contributed by atoms with van der Waals surface area (Å²) in [5.74, 6) is -0.0479. The molecule has 174 valence electrons. The van der Waals surface area contributed by atoms with Gasteiger partial charge in [0.25, 0.3) is 5.56 Å². The zero-order chi connectivity index (χ0) is 24.1. The van der Waals surface area contributed by atoms with Gasteiger partial charge in [-0.15, -0.1) is 0 Å². The Morgan fingerprint density at radius 3 is 2.77 bits per heavy atom. The molecule has 2 heterocycles. The minimum absolute atomic E-state index is 0.0317. The van der Waals surface area contributed by atoms with Crippen molar-refractivity contribution >= 4 is 23.1 Å². The Hall–Kier alpha value is -3.97. The summed E-state index contributed by atoms with van der Waals surface area (Å²) < 4.78 is 21.6. The predicted molar refractivity (Wildman–Crippen MR) is 134 cm³/mol. The largest absolute Gasteiger partial charge is 0.504 e. The summed E-state index contributed by atoms with van der Waals surface area (Å²) in [5.41, 5.74) is 5.10. The molecule has 5 nitrogen and oxygen atoms in total. The quantitative estimate of drug-likeness (QED) is 0.475. The van der Waals surface area contributed by atoms with E-state index in [0.29, 0.717) is 26.2 Å². The Kier molecular flexibility index (Phi) is 5.15. The average Bonchev–Trinajstić information content (AvgIpc) is 3.18. The third kappa shape index (κ3) is 3.51. The lowest BCUT2D eigenvalue weighted by Crippen LogP contribution is -2.38. The van der Waals surface area contributed by atoms with E-state index in [1.165, 1.54) is 36.1 Å². The summed E-state index contributed by atoms with van der Waals surface area (Å²) in [7, 11) is 1.48. The molecular weight excluding hydrogens is 463 g/mol. The molecule has 1 aliphatic carbocycles. The topological polar surface area (TPSA) is 63.8 Å². The lowest BCUT2D eigenvalue weighted by molar-refractivity contribution is 0.373.